The maximum Gasteiger partial charge on any atom is 0.312 e. The highest BCUT2D eigenvalue weighted by molar-refractivity contribution is 5.97. The van der Waals surface area contributed by atoms with Crippen molar-refractivity contribution in [2.75, 3.05) is 17.2 Å². The number of urea groups is 1. The standard InChI is InChI=1S/C24H22N4O5/c25-24(31)28-19(15-5-4-8-18(11-15)33-17-6-2-1-3-7-17)13-22(29)26-16-9-10-21-20(12-16)27-23(30)14-32-21/h1-12,19H,13-14H2,(H,26,29)(H,27,30)(H3,25,28,31)/t19-/m1/s1. The van der Waals surface area contributed by atoms with Crippen LogP contribution < -0.4 is 31.2 Å². The van der Waals surface area contributed by atoms with E-state index in [1.165, 1.54) is 0 Å². The zero-order valence-electron chi connectivity index (χ0n) is 17.5. The second-order valence-corrected chi connectivity index (χ2v) is 7.35. The minimum atomic E-state index is -0.754. The lowest BCUT2D eigenvalue weighted by Gasteiger charge is -2.20. The molecule has 0 saturated heterocycles. The van der Waals surface area contributed by atoms with E-state index in [4.69, 9.17) is 15.2 Å². The number of amides is 4. The van der Waals surface area contributed by atoms with Crippen LogP contribution in [-0.4, -0.2) is 24.5 Å². The number of anilines is 2. The van der Waals surface area contributed by atoms with Gasteiger partial charge in [-0.25, -0.2) is 4.79 Å². The molecule has 5 N–H and O–H groups in total. The Bertz CT molecular complexity index is 1180. The fraction of sp³-hybridized carbons (Fsp3) is 0.125. The molecule has 3 aromatic rings. The lowest BCUT2D eigenvalue weighted by Crippen LogP contribution is -2.35. The van der Waals surface area contributed by atoms with Crippen LogP contribution in [0.25, 0.3) is 0 Å². The summed E-state index contributed by atoms with van der Waals surface area (Å²) in [5.74, 6) is 1.12. The summed E-state index contributed by atoms with van der Waals surface area (Å²) in [5, 5.41) is 8.06. The molecule has 168 valence electrons. The van der Waals surface area contributed by atoms with Gasteiger partial charge in [0.25, 0.3) is 5.91 Å². The first-order valence-corrected chi connectivity index (χ1v) is 10.2. The highest BCUT2D eigenvalue weighted by Crippen LogP contribution is 2.31. The lowest BCUT2D eigenvalue weighted by molar-refractivity contribution is -0.118. The summed E-state index contributed by atoms with van der Waals surface area (Å²) in [4.78, 5) is 35.8. The number of hydrogen-bond acceptors (Lipinski definition) is 5. The Morgan fingerprint density at radius 1 is 1.03 bits per heavy atom. The average Bonchev–Trinajstić information content (AvgIpc) is 2.79. The Kier molecular flexibility index (Phi) is 6.40. The van der Waals surface area contributed by atoms with Crippen LogP contribution in [0.15, 0.2) is 72.8 Å². The van der Waals surface area contributed by atoms with E-state index in [1.807, 2.05) is 30.3 Å². The van der Waals surface area contributed by atoms with E-state index in [2.05, 4.69) is 16.0 Å². The van der Waals surface area contributed by atoms with Crippen molar-refractivity contribution in [3.63, 3.8) is 0 Å². The third-order valence-corrected chi connectivity index (χ3v) is 4.84. The molecular weight excluding hydrogens is 424 g/mol. The zero-order chi connectivity index (χ0) is 23.2. The van der Waals surface area contributed by atoms with Gasteiger partial charge in [-0.1, -0.05) is 30.3 Å². The average molecular weight is 446 g/mol. The highest BCUT2D eigenvalue weighted by atomic mass is 16.5. The smallest absolute Gasteiger partial charge is 0.312 e. The quantitative estimate of drug-likeness (QED) is 0.441. The summed E-state index contributed by atoms with van der Waals surface area (Å²) in [6.45, 7) is -0.0494. The fourth-order valence-corrected chi connectivity index (χ4v) is 3.40. The molecule has 9 nitrogen and oxygen atoms in total. The molecule has 1 atom stereocenters. The molecule has 4 amide bonds. The molecule has 0 radical (unpaired) electrons. The largest absolute Gasteiger partial charge is 0.482 e. The van der Waals surface area contributed by atoms with Gasteiger partial charge >= 0.3 is 6.03 Å². The van der Waals surface area contributed by atoms with Crippen molar-refractivity contribution in [1.29, 1.82) is 0 Å². The van der Waals surface area contributed by atoms with Gasteiger partial charge in [-0.3, -0.25) is 9.59 Å². The predicted molar refractivity (Wildman–Crippen MR) is 122 cm³/mol. The molecule has 0 saturated carbocycles. The third-order valence-electron chi connectivity index (χ3n) is 4.84. The minimum absolute atomic E-state index is 0.0494. The van der Waals surface area contributed by atoms with Gasteiger partial charge in [-0.05, 0) is 48.0 Å². The maximum absolute atomic E-state index is 12.7. The van der Waals surface area contributed by atoms with E-state index in [0.29, 0.717) is 34.2 Å². The van der Waals surface area contributed by atoms with Crippen LogP contribution in [0.4, 0.5) is 16.2 Å². The first-order valence-electron chi connectivity index (χ1n) is 10.2. The number of primary amides is 1. The molecule has 33 heavy (non-hydrogen) atoms. The van der Waals surface area contributed by atoms with Crippen LogP contribution in [0.1, 0.15) is 18.0 Å². The molecule has 0 unspecified atom stereocenters. The molecule has 1 aliphatic heterocycles. The van der Waals surface area contributed by atoms with Crippen LogP contribution in [-0.2, 0) is 9.59 Å². The van der Waals surface area contributed by atoms with E-state index in [0.717, 1.165) is 0 Å². The van der Waals surface area contributed by atoms with E-state index < -0.39 is 12.1 Å². The molecule has 3 aromatic carbocycles. The number of hydrogen-bond donors (Lipinski definition) is 4. The van der Waals surface area contributed by atoms with Gasteiger partial charge in [0.05, 0.1) is 18.2 Å². The molecule has 0 spiro atoms. The summed E-state index contributed by atoms with van der Waals surface area (Å²) in [6, 6.07) is 19.8. The summed E-state index contributed by atoms with van der Waals surface area (Å²) < 4.78 is 11.2. The predicted octanol–water partition coefficient (Wildman–Crippen LogP) is 3.55. The third kappa shape index (κ3) is 5.79. The molecule has 9 heteroatoms. The molecule has 0 fully saturated rings. The Morgan fingerprint density at radius 3 is 2.61 bits per heavy atom. The Hall–Kier alpha value is -4.53. The van der Waals surface area contributed by atoms with Gasteiger partial charge < -0.3 is 31.2 Å². The van der Waals surface area contributed by atoms with Crippen molar-refractivity contribution in [3.05, 3.63) is 78.4 Å². The number of ether oxygens (including phenoxy) is 2. The second kappa shape index (κ2) is 9.73. The van der Waals surface area contributed by atoms with Gasteiger partial charge in [-0.2, -0.15) is 0 Å². The zero-order valence-corrected chi connectivity index (χ0v) is 17.5. The van der Waals surface area contributed by atoms with Crippen LogP contribution in [0.2, 0.25) is 0 Å². The Balaban J connectivity index is 1.47. The van der Waals surface area contributed by atoms with E-state index in [9.17, 15) is 14.4 Å². The van der Waals surface area contributed by atoms with Crippen LogP contribution in [0.5, 0.6) is 17.2 Å². The Labute approximate surface area is 189 Å². The van der Waals surface area contributed by atoms with Crippen molar-refractivity contribution in [1.82, 2.24) is 5.32 Å². The van der Waals surface area contributed by atoms with E-state index >= 15 is 0 Å². The van der Waals surface area contributed by atoms with Crippen LogP contribution in [0.3, 0.4) is 0 Å². The molecule has 4 rings (SSSR count). The van der Waals surface area contributed by atoms with Gasteiger partial charge in [-0.15, -0.1) is 0 Å². The van der Waals surface area contributed by atoms with E-state index in [-0.39, 0.29) is 24.8 Å². The number of fused-ring (bicyclic) bond motifs is 1. The summed E-state index contributed by atoms with van der Waals surface area (Å²) in [6.07, 6.45) is -0.0718. The van der Waals surface area contributed by atoms with E-state index in [1.54, 1.807) is 42.5 Å². The van der Waals surface area contributed by atoms with Gasteiger partial charge in [0.2, 0.25) is 5.91 Å². The summed E-state index contributed by atoms with van der Waals surface area (Å²) in [5.41, 5.74) is 6.95. The Morgan fingerprint density at radius 2 is 1.82 bits per heavy atom. The maximum atomic E-state index is 12.7. The first-order chi connectivity index (χ1) is 16.0. The SMILES string of the molecule is NC(=O)N[C@H](CC(=O)Nc1ccc2c(c1)NC(=O)CO2)c1cccc(Oc2ccccc2)c1. The lowest BCUT2D eigenvalue weighted by atomic mass is 10.0. The topological polar surface area (TPSA) is 132 Å². The number of carbonyl (C=O) groups excluding carboxylic acids is 3. The summed E-state index contributed by atoms with van der Waals surface area (Å²) >= 11 is 0. The molecule has 1 aliphatic rings. The van der Waals surface area contributed by atoms with Gasteiger partial charge in [0.15, 0.2) is 6.61 Å². The number of benzene rings is 3. The fourth-order valence-electron chi connectivity index (χ4n) is 3.40. The number of carbonyl (C=O) groups is 3. The van der Waals surface area contributed by atoms with Crippen molar-refractivity contribution >= 4 is 29.2 Å². The molecule has 1 heterocycles. The molecule has 0 bridgehead atoms. The molecular formula is C24H22N4O5. The number of nitrogens with one attached hydrogen (secondary N) is 3. The number of para-hydroxylation sites is 1. The highest BCUT2D eigenvalue weighted by Gasteiger charge is 2.20. The summed E-state index contributed by atoms with van der Waals surface area (Å²) in [7, 11) is 0. The van der Waals surface area contributed by atoms with Gasteiger partial charge in [0, 0.05) is 5.69 Å². The van der Waals surface area contributed by atoms with Crippen molar-refractivity contribution in [3.8, 4) is 17.2 Å². The molecule has 0 aromatic heterocycles. The van der Waals surface area contributed by atoms with Gasteiger partial charge in [0.1, 0.15) is 17.2 Å². The first kappa shape index (κ1) is 21.7. The van der Waals surface area contributed by atoms with Crippen molar-refractivity contribution in [2.45, 2.75) is 12.5 Å². The molecule has 0 aliphatic carbocycles. The number of rotatable bonds is 7. The normalized spacial score (nSPS) is 13.0. The number of nitrogens with two attached hydrogens (primary N) is 1. The minimum Gasteiger partial charge on any atom is -0.482 e. The second-order valence-electron chi connectivity index (χ2n) is 7.35. The van der Waals surface area contributed by atoms with Crippen molar-refractivity contribution in [2.24, 2.45) is 5.73 Å². The van der Waals surface area contributed by atoms with Crippen LogP contribution >= 0.6 is 0 Å². The van der Waals surface area contributed by atoms with Crippen LogP contribution in [0, 0.1) is 0 Å². The monoisotopic (exact) mass is 446 g/mol. The van der Waals surface area contributed by atoms with Crippen molar-refractivity contribution < 1.29 is 23.9 Å².